The second kappa shape index (κ2) is 5.23. The van der Waals surface area contributed by atoms with E-state index in [9.17, 15) is 8.42 Å². The summed E-state index contributed by atoms with van der Waals surface area (Å²) < 4.78 is 28.3. The second-order valence-corrected chi connectivity index (χ2v) is 7.74. The normalized spacial score (nSPS) is 20.0. The summed E-state index contributed by atoms with van der Waals surface area (Å²) in [7, 11) is -3.23. The summed E-state index contributed by atoms with van der Waals surface area (Å²) in [4.78, 5) is 4.25. The Kier molecular flexibility index (Phi) is 3.54. The predicted octanol–water partition coefficient (Wildman–Crippen LogP) is 1.56. The Labute approximate surface area is 123 Å². The van der Waals surface area contributed by atoms with Gasteiger partial charge in [0.2, 0.25) is 5.89 Å². The highest BCUT2D eigenvalue weighted by Crippen LogP contribution is 2.26. The lowest BCUT2D eigenvalue weighted by Crippen LogP contribution is -2.28. The zero-order valence-electron chi connectivity index (χ0n) is 11.9. The fraction of sp³-hybridized carbons (Fsp3) is 0.429. The van der Waals surface area contributed by atoms with Gasteiger partial charge in [0, 0.05) is 12.8 Å². The standard InChI is InChI=1S/C14H17N3O3S/c1-9(21(2,18)19)13-16-14(20-17-13)12-7-10-5-3-4-6-11(10)8-15-12/h3-6,9,12,15H,7-8H2,1-2H3/t9?,12-/m0/s1. The summed E-state index contributed by atoms with van der Waals surface area (Å²) in [6.45, 7) is 2.30. The van der Waals surface area contributed by atoms with Crippen LogP contribution in [0, 0.1) is 0 Å². The first-order valence-electron chi connectivity index (χ1n) is 6.77. The van der Waals surface area contributed by atoms with Crippen LogP contribution in [0.25, 0.3) is 0 Å². The lowest BCUT2D eigenvalue weighted by atomic mass is 9.96. The number of aromatic nitrogens is 2. The maximum absolute atomic E-state index is 11.5. The van der Waals surface area contributed by atoms with Gasteiger partial charge < -0.3 is 9.84 Å². The number of rotatable bonds is 3. The molecule has 0 saturated heterocycles. The maximum Gasteiger partial charge on any atom is 0.244 e. The lowest BCUT2D eigenvalue weighted by Gasteiger charge is -2.23. The van der Waals surface area contributed by atoms with Gasteiger partial charge >= 0.3 is 0 Å². The van der Waals surface area contributed by atoms with Gasteiger partial charge in [0.1, 0.15) is 5.25 Å². The molecular weight excluding hydrogens is 290 g/mol. The van der Waals surface area contributed by atoms with Crippen LogP contribution in [-0.4, -0.2) is 24.8 Å². The van der Waals surface area contributed by atoms with Gasteiger partial charge in [-0.25, -0.2) is 8.42 Å². The molecule has 0 spiro atoms. The average molecular weight is 307 g/mol. The second-order valence-electron chi connectivity index (χ2n) is 5.37. The summed E-state index contributed by atoms with van der Waals surface area (Å²) >= 11 is 0. The number of nitrogens with one attached hydrogen (secondary N) is 1. The molecule has 112 valence electrons. The van der Waals surface area contributed by atoms with E-state index in [1.54, 1.807) is 6.92 Å². The van der Waals surface area contributed by atoms with Crippen LogP contribution in [0.2, 0.25) is 0 Å². The Morgan fingerprint density at radius 3 is 2.76 bits per heavy atom. The lowest BCUT2D eigenvalue weighted by molar-refractivity contribution is 0.318. The highest BCUT2D eigenvalue weighted by atomic mass is 32.2. The molecule has 2 aromatic rings. The summed E-state index contributed by atoms with van der Waals surface area (Å²) in [5, 5.41) is 6.39. The van der Waals surface area contributed by atoms with Crippen molar-refractivity contribution >= 4 is 9.84 Å². The predicted molar refractivity (Wildman–Crippen MR) is 77.3 cm³/mol. The molecule has 0 amide bonds. The smallest absolute Gasteiger partial charge is 0.244 e. The van der Waals surface area contributed by atoms with Gasteiger partial charge in [0.25, 0.3) is 0 Å². The molecule has 7 heteroatoms. The van der Waals surface area contributed by atoms with Gasteiger partial charge in [-0.2, -0.15) is 4.98 Å². The fourth-order valence-electron chi connectivity index (χ4n) is 2.37. The molecule has 21 heavy (non-hydrogen) atoms. The minimum Gasteiger partial charge on any atom is -0.338 e. The van der Waals surface area contributed by atoms with Crippen LogP contribution in [0.1, 0.15) is 41.1 Å². The number of fused-ring (bicyclic) bond motifs is 1. The van der Waals surface area contributed by atoms with Crippen molar-refractivity contribution in [3.8, 4) is 0 Å². The monoisotopic (exact) mass is 307 g/mol. The van der Waals surface area contributed by atoms with Crippen molar-refractivity contribution in [2.45, 2.75) is 31.2 Å². The van der Waals surface area contributed by atoms with E-state index in [0.29, 0.717) is 5.89 Å². The largest absolute Gasteiger partial charge is 0.338 e. The van der Waals surface area contributed by atoms with Crippen molar-refractivity contribution in [2.24, 2.45) is 0 Å². The number of nitrogens with zero attached hydrogens (tertiary/aromatic N) is 2. The van der Waals surface area contributed by atoms with Crippen LogP contribution >= 0.6 is 0 Å². The number of benzene rings is 1. The molecule has 2 heterocycles. The molecule has 3 rings (SSSR count). The van der Waals surface area contributed by atoms with E-state index in [2.05, 4.69) is 27.6 Å². The molecule has 2 atom stereocenters. The first-order valence-corrected chi connectivity index (χ1v) is 8.73. The molecule has 1 aliphatic heterocycles. The highest BCUT2D eigenvalue weighted by molar-refractivity contribution is 7.90. The van der Waals surface area contributed by atoms with E-state index in [-0.39, 0.29) is 11.9 Å². The molecule has 0 aliphatic carbocycles. The molecule has 1 N–H and O–H groups in total. The maximum atomic E-state index is 11.5. The molecule has 1 aromatic carbocycles. The summed E-state index contributed by atoms with van der Waals surface area (Å²) in [6, 6.07) is 8.11. The quantitative estimate of drug-likeness (QED) is 0.926. The molecule has 6 nitrogen and oxygen atoms in total. The van der Waals surface area contributed by atoms with Crippen LogP contribution in [0.4, 0.5) is 0 Å². The molecule has 0 saturated carbocycles. The number of hydrogen-bond donors (Lipinski definition) is 1. The molecular formula is C14H17N3O3S. The Bertz CT molecular complexity index is 754. The molecule has 0 fully saturated rings. The summed E-state index contributed by atoms with van der Waals surface area (Å²) in [5.74, 6) is 0.656. The van der Waals surface area contributed by atoms with Crippen molar-refractivity contribution in [3.63, 3.8) is 0 Å². The number of hydrogen-bond acceptors (Lipinski definition) is 6. The van der Waals surface area contributed by atoms with Crippen molar-refractivity contribution < 1.29 is 12.9 Å². The molecule has 0 radical (unpaired) electrons. The number of sulfone groups is 1. The topological polar surface area (TPSA) is 85.1 Å². The third kappa shape index (κ3) is 2.84. The van der Waals surface area contributed by atoms with Gasteiger partial charge in [0.15, 0.2) is 15.7 Å². The molecule has 1 aliphatic rings. The third-order valence-electron chi connectivity index (χ3n) is 3.84. The van der Waals surface area contributed by atoms with Gasteiger partial charge in [-0.1, -0.05) is 29.4 Å². The van der Waals surface area contributed by atoms with Crippen LogP contribution in [-0.2, 0) is 22.8 Å². The summed E-state index contributed by atoms with van der Waals surface area (Å²) in [5.41, 5.74) is 2.51. The zero-order chi connectivity index (χ0) is 15.0. The molecule has 1 aromatic heterocycles. The first kappa shape index (κ1) is 14.2. The fourth-order valence-corrected chi connectivity index (χ4v) is 2.85. The van der Waals surface area contributed by atoms with E-state index in [1.807, 2.05) is 12.1 Å². The van der Waals surface area contributed by atoms with Gasteiger partial charge in [-0.15, -0.1) is 0 Å². The van der Waals surface area contributed by atoms with Crippen molar-refractivity contribution in [3.05, 3.63) is 47.1 Å². The first-order chi connectivity index (χ1) is 9.95. The summed E-state index contributed by atoms with van der Waals surface area (Å²) in [6.07, 6.45) is 1.92. The van der Waals surface area contributed by atoms with Crippen LogP contribution < -0.4 is 5.32 Å². The van der Waals surface area contributed by atoms with E-state index in [1.165, 1.54) is 17.4 Å². The van der Waals surface area contributed by atoms with Crippen LogP contribution in [0.5, 0.6) is 0 Å². The Morgan fingerprint density at radius 1 is 1.33 bits per heavy atom. The molecule has 1 unspecified atom stereocenters. The highest BCUT2D eigenvalue weighted by Gasteiger charge is 2.28. The van der Waals surface area contributed by atoms with Crippen molar-refractivity contribution in [1.82, 2.24) is 15.5 Å². The van der Waals surface area contributed by atoms with E-state index < -0.39 is 15.1 Å². The molecule has 0 bridgehead atoms. The van der Waals surface area contributed by atoms with Crippen molar-refractivity contribution in [2.75, 3.05) is 6.26 Å². The minimum atomic E-state index is -3.23. The van der Waals surface area contributed by atoms with E-state index in [0.717, 1.165) is 13.0 Å². The van der Waals surface area contributed by atoms with Gasteiger partial charge in [-0.05, 0) is 24.5 Å². The van der Waals surface area contributed by atoms with Gasteiger partial charge in [0.05, 0.1) is 6.04 Å². The third-order valence-corrected chi connectivity index (χ3v) is 5.34. The SMILES string of the molecule is CC(c1noc([C@@H]2Cc3ccccc3CN2)n1)S(C)(=O)=O. The zero-order valence-corrected chi connectivity index (χ0v) is 12.7. The minimum absolute atomic E-state index is 0.0760. The Balaban J connectivity index is 1.82. The Morgan fingerprint density at radius 2 is 2.05 bits per heavy atom. The van der Waals surface area contributed by atoms with Crippen LogP contribution in [0.3, 0.4) is 0 Å². The average Bonchev–Trinajstić information content (AvgIpc) is 2.94. The van der Waals surface area contributed by atoms with Crippen molar-refractivity contribution in [1.29, 1.82) is 0 Å². The van der Waals surface area contributed by atoms with E-state index in [4.69, 9.17) is 4.52 Å². The van der Waals surface area contributed by atoms with Crippen LogP contribution in [0.15, 0.2) is 28.8 Å². The van der Waals surface area contributed by atoms with E-state index >= 15 is 0 Å². The van der Waals surface area contributed by atoms with Gasteiger partial charge in [-0.3, -0.25) is 0 Å². The Hall–Kier alpha value is -1.73.